The monoisotopic (exact) mass is 434 g/mol. The van der Waals surface area contributed by atoms with Crippen LogP contribution in [0.2, 0.25) is 0 Å². The maximum Gasteiger partial charge on any atom is -0.0104 e. The van der Waals surface area contributed by atoms with Gasteiger partial charge in [0.25, 0.3) is 0 Å². The van der Waals surface area contributed by atoms with Crippen LogP contribution in [0.1, 0.15) is 115 Å². The Morgan fingerprint density at radius 3 is 1.77 bits per heavy atom. The van der Waals surface area contributed by atoms with Crippen LogP contribution < -0.4 is 5.30 Å². The summed E-state index contributed by atoms with van der Waals surface area (Å²) in [6, 6.07) is 17.0. The average molecular weight is 435 g/mol. The molecule has 0 spiro atoms. The molecule has 1 heteroatoms. The lowest BCUT2D eigenvalue weighted by atomic mass is 9.88. The number of hydrogen-bond acceptors (Lipinski definition) is 0. The molecule has 0 nitrogen and oxygen atoms in total. The maximum absolute atomic E-state index is 2.53. The molecule has 2 aromatic rings. The summed E-state index contributed by atoms with van der Waals surface area (Å²) in [5.41, 5.74) is 7.99. The fourth-order valence-corrected chi connectivity index (χ4v) is 9.96. The minimum atomic E-state index is -0.0883. The molecule has 0 aromatic heterocycles. The van der Waals surface area contributed by atoms with E-state index in [0.29, 0.717) is 11.8 Å². The van der Waals surface area contributed by atoms with E-state index in [9.17, 15) is 0 Å². The standard InChI is InChI=1S/C30H43P/c1-22(2)24-19-20-27(29(21-24)23(3)4)28-17-11-12-18-30(28)31(25-13-7-5-8-14-25)26-15-9-6-10-16-26/h11-12,17-23,25-26H,5-10,13-16H2,1-4H3. The third kappa shape index (κ3) is 5.27. The van der Waals surface area contributed by atoms with Crippen LogP contribution in [-0.2, 0) is 0 Å². The Bertz CT molecular complexity index is 819. The molecular formula is C30H43P. The highest BCUT2D eigenvalue weighted by atomic mass is 31.1. The molecule has 0 amide bonds. The van der Waals surface area contributed by atoms with Gasteiger partial charge in [-0.2, -0.15) is 0 Å². The molecule has 0 atom stereocenters. The predicted octanol–water partition coefficient (Wildman–Crippen LogP) is 9.37. The highest BCUT2D eigenvalue weighted by Gasteiger charge is 2.33. The van der Waals surface area contributed by atoms with Gasteiger partial charge in [0.05, 0.1) is 0 Å². The van der Waals surface area contributed by atoms with Gasteiger partial charge in [-0.3, -0.25) is 0 Å². The molecule has 4 rings (SSSR count). The van der Waals surface area contributed by atoms with Crippen molar-refractivity contribution >= 4 is 13.2 Å². The first kappa shape index (κ1) is 23.0. The molecule has 2 aromatic carbocycles. The van der Waals surface area contributed by atoms with E-state index < -0.39 is 0 Å². The minimum absolute atomic E-state index is 0.0883. The zero-order chi connectivity index (χ0) is 21.8. The van der Waals surface area contributed by atoms with E-state index in [1.54, 1.807) is 16.4 Å². The van der Waals surface area contributed by atoms with Gasteiger partial charge in [0.1, 0.15) is 0 Å². The van der Waals surface area contributed by atoms with Crippen molar-refractivity contribution in [3.63, 3.8) is 0 Å². The second kappa shape index (κ2) is 10.7. The summed E-state index contributed by atoms with van der Waals surface area (Å²) in [5.74, 6) is 1.14. The number of hydrogen-bond donors (Lipinski definition) is 0. The summed E-state index contributed by atoms with van der Waals surface area (Å²) < 4.78 is 0. The summed E-state index contributed by atoms with van der Waals surface area (Å²) in [7, 11) is -0.0883. The van der Waals surface area contributed by atoms with E-state index in [2.05, 4.69) is 70.2 Å². The Labute approximate surface area is 193 Å². The van der Waals surface area contributed by atoms with Crippen LogP contribution >= 0.6 is 7.92 Å². The van der Waals surface area contributed by atoms with Crippen molar-refractivity contribution in [2.45, 2.75) is 115 Å². The lowest BCUT2D eigenvalue weighted by molar-refractivity contribution is 0.487. The highest BCUT2D eigenvalue weighted by Crippen LogP contribution is 2.56. The molecule has 0 radical (unpaired) electrons. The molecule has 0 saturated heterocycles. The Morgan fingerprint density at radius 1 is 0.645 bits per heavy atom. The first-order valence-electron chi connectivity index (χ1n) is 13.1. The maximum atomic E-state index is 2.53. The van der Waals surface area contributed by atoms with Crippen molar-refractivity contribution < 1.29 is 0 Å². The second-order valence-corrected chi connectivity index (χ2v) is 13.4. The van der Waals surface area contributed by atoms with Gasteiger partial charge in [-0.1, -0.05) is 117 Å². The molecule has 0 N–H and O–H groups in total. The molecule has 2 saturated carbocycles. The van der Waals surface area contributed by atoms with Crippen molar-refractivity contribution in [1.82, 2.24) is 0 Å². The van der Waals surface area contributed by atoms with Crippen molar-refractivity contribution in [2.75, 3.05) is 0 Å². The van der Waals surface area contributed by atoms with Crippen molar-refractivity contribution in [1.29, 1.82) is 0 Å². The fraction of sp³-hybridized carbons (Fsp3) is 0.600. The van der Waals surface area contributed by atoms with Crippen LogP contribution in [-0.4, -0.2) is 11.3 Å². The largest absolute Gasteiger partial charge is 0.0683 e. The predicted molar refractivity (Wildman–Crippen MR) is 140 cm³/mol. The molecule has 0 heterocycles. The zero-order valence-corrected chi connectivity index (χ0v) is 21.3. The lowest BCUT2D eigenvalue weighted by Crippen LogP contribution is -2.27. The van der Waals surface area contributed by atoms with Gasteiger partial charge in [-0.15, -0.1) is 0 Å². The average Bonchev–Trinajstić information content (AvgIpc) is 2.80. The van der Waals surface area contributed by atoms with Crippen LogP contribution in [0, 0.1) is 0 Å². The Balaban J connectivity index is 1.81. The molecule has 2 aliphatic carbocycles. The topological polar surface area (TPSA) is 0 Å². The fourth-order valence-electron chi connectivity index (χ4n) is 6.00. The van der Waals surface area contributed by atoms with E-state index in [-0.39, 0.29) is 7.92 Å². The van der Waals surface area contributed by atoms with E-state index in [1.165, 1.54) is 75.3 Å². The molecule has 168 valence electrons. The van der Waals surface area contributed by atoms with Gasteiger partial charge >= 0.3 is 0 Å². The Hall–Kier alpha value is -1.13. The lowest BCUT2D eigenvalue weighted by Gasteiger charge is -2.40. The molecular weight excluding hydrogens is 391 g/mol. The quantitative estimate of drug-likeness (QED) is 0.397. The molecule has 2 fully saturated rings. The third-order valence-corrected chi connectivity index (χ3v) is 11.3. The Kier molecular flexibility index (Phi) is 7.92. The molecule has 0 unspecified atom stereocenters. The van der Waals surface area contributed by atoms with Crippen molar-refractivity contribution in [3.05, 3.63) is 53.6 Å². The summed E-state index contributed by atoms with van der Waals surface area (Å²) in [6.07, 6.45) is 14.6. The zero-order valence-electron chi connectivity index (χ0n) is 20.4. The van der Waals surface area contributed by atoms with Gasteiger partial charge < -0.3 is 0 Å². The molecule has 31 heavy (non-hydrogen) atoms. The van der Waals surface area contributed by atoms with Crippen molar-refractivity contribution in [2.24, 2.45) is 0 Å². The molecule has 0 aliphatic heterocycles. The van der Waals surface area contributed by atoms with Gasteiger partial charge in [-0.25, -0.2) is 0 Å². The third-order valence-electron chi connectivity index (χ3n) is 7.77. The van der Waals surface area contributed by atoms with Crippen LogP contribution in [0.25, 0.3) is 11.1 Å². The number of rotatable bonds is 6. The first-order valence-corrected chi connectivity index (χ1v) is 14.6. The smallest absolute Gasteiger partial charge is 0.0104 e. The summed E-state index contributed by atoms with van der Waals surface area (Å²) in [5, 5.41) is 1.73. The second-order valence-electron chi connectivity index (χ2n) is 10.7. The van der Waals surface area contributed by atoms with Crippen LogP contribution in [0.15, 0.2) is 42.5 Å². The van der Waals surface area contributed by atoms with Gasteiger partial charge in [0.2, 0.25) is 0 Å². The normalized spacial score (nSPS) is 18.9. The Morgan fingerprint density at radius 2 is 1.23 bits per heavy atom. The number of benzene rings is 2. The summed E-state index contributed by atoms with van der Waals surface area (Å²) in [6.45, 7) is 9.38. The van der Waals surface area contributed by atoms with E-state index in [0.717, 1.165) is 11.3 Å². The van der Waals surface area contributed by atoms with Gasteiger partial charge in [0, 0.05) is 0 Å². The van der Waals surface area contributed by atoms with E-state index in [1.807, 2.05) is 0 Å². The van der Waals surface area contributed by atoms with Crippen LogP contribution in [0.4, 0.5) is 0 Å². The first-order chi connectivity index (χ1) is 15.1. The van der Waals surface area contributed by atoms with Crippen LogP contribution in [0.3, 0.4) is 0 Å². The SMILES string of the molecule is CC(C)c1ccc(-c2ccccc2P(C2CCCCC2)C2CCCCC2)c(C(C)C)c1. The van der Waals surface area contributed by atoms with E-state index >= 15 is 0 Å². The summed E-state index contributed by atoms with van der Waals surface area (Å²) in [4.78, 5) is 0. The van der Waals surface area contributed by atoms with Crippen LogP contribution in [0.5, 0.6) is 0 Å². The minimum Gasteiger partial charge on any atom is -0.0683 e. The molecule has 2 aliphatic rings. The van der Waals surface area contributed by atoms with Crippen molar-refractivity contribution in [3.8, 4) is 11.1 Å². The van der Waals surface area contributed by atoms with Gasteiger partial charge in [0.15, 0.2) is 0 Å². The van der Waals surface area contributed by atoms with Gasteiger partial charge in [-0.05, 0) is 76.4 Å². The van der Waals surface area contributed by atoms with E-state index in [4.69, 9.17) is 0 Å². The molecule has 0 bridgehead atoms. The highest BCUT2D eigenvalue weighted by molar-refractivity contribution is 7.67. The summed E-state index contributed by atoms with van der Waals surface area (Å²) >= 11 is 0.